The maximum absolute atomic E-state index is 4.95. The van der Waals surface area contributed by atoms with Gasteiger partial charge >= 0.3 is 0 Å². The molecule has 4 nitrogen and oxygen atoms in total. The maximum Gasteiger partial charge on any atom is 0.228 e. The number of anilines is 1. The van der Waals surface area contributed by atoms with Gasteiger partial charge in [-0.3, -0.25) is 0 Å². The summed E-state index contributed by atoms with van der Waals surface area (Å²) in [7, 11) is 0. The van der Waals surface area contributed by atoms with Gasteiger partial charge in [-0.2, -0.15) is 0 Å². The van der Waals surface area contributed by atoms with E-state index in [-0.39, 0.29) is 0 Å². The molecular formula is C8H10N4S. The van der Waals surface area contributed by atoms with Crippen LogP contribution in [-0.2, 0) is 0 Å². The summed E-state index contributed by atoms with van der Waals surface area (Å²) < 4.78 is 0. The van der Waals surface area contributed by atoms with Crippen molar-refractivity contribution in [3.8, 4) is 0 Å². The fraction of sp³-hybridized carbons (Fsp3) is 0.125. The largest absolute Gasteiger partial charge is 0.359 e. The Labute approximate surface area is 82.1 Å². The lowest BCUT2D eigenvalue weighted by molar-refractivity contribution is 1.05. The van der Waals surface area contributed by atoms with Crippen molar-refractivity contribution in [2.75, 3.05) is 11.9 Å². The van der Waals surface area contributed by atoms with Crippen molar-refractivity contribution in [2.24, 2.45) is 0 Å². The third kappa shape index (κ3) is 3.62. The van der Waals surface area contributed by atoms with Crippen molar-refractivity contribution in [1.82, 2.24) is 15.3 Å². The van der Waals surface area contributed by atoms with Crippen molar-refractivity contribution in [3.63, 3.8) is 0 Å². The molecule has 0 saturated heterocycles. The highest BCUT2D eigenvalue weighted by molar-refractivity contribution is 7.80. The first-order chi connectivity index (χ1) is 6.33. The number of hydrogen-bond acceptors (Lipinski definition) is 3. The highest BCUT2D eigenvalue weighted by Gasteiger charge is 1.95. The van der Waals surface area contributed by atoms with E-state index in [9.17, 15) is 0 Å². The van der Waals surface area contributed by atoms with E-state index in [1.54, 1.807) is 24.5 Å². The van der Waals surface area contributed by atoms with Crippen LogP contribution in [0, 0.1) is 0 Å². The molecule has 0 atom stereocenters. The monoisotopic (exact) mass is 194 g/mol. The highest BCUT2D eigenvalue weighted by atomic mass is 32.1. The van der Waals surface area contributed by atoms with Crippen LogP contribution in [-0.4, -0.2) is 21.6 Å². The molecule has 0 bridgehead atoms. The van der Waals surface area contributed by atoms with E-state index in [2.05, 4.69) is 27.2 Å². The Bertz CT molecular complexity index is 285. The summed E-state index contributed by atoms with van der Waals surface area (Å²) in [6.45, 7) is 4.18. The minimum Gasteiger partial charge on any atom is -0.359 e. The summed E-state index contributed by atoms with van der Waals surface area (Å²) in [6.07, 6.45) is 5.01. The summed E-state index contributed by atoms with van der Waals surface area (Å²) in [6, 6.07) is 1.74. The van der Waals surface area contributed by atoms with Gasteiger partial charge < -0.3 is 10.6 Å². The minimum absolute atomic E-state index is 0.490. The van der Waals surface area contributed by atoms with Crippen molar-refractivity contribution < 1.29 is 0 Å². The van der Waals surface area contributed by atoms with Crippen LogP contribution in [0.25, 0.3) is 0 Å². The van der Waals surface area contributed by atoms with Gasteiger partial charge in [-0.05, 0) is 18.3 Å². The smallest absolute Gasteiger partial charge is 0.228 e. The minimum atomic E-state index is 0.490. The van der Waals surface area contributed by atoms with Crippen LogP contribution in [0.2, 0.25) is 0 Å². The molecule has 1 aromatic rings. The predicted octanol–water partition coefficient (Wildman–Crippen LogP) is 0.949. The number of hydrogen-bond donors (Lipinski definition) is 2. The van der Waals surface area contributed by atoms with Gasteiger partial charge in [0.1, 0.15) is 0 Å². The lowest BCUT2D eigenvalue weighted by atomic mass is 10.6. The number of rotatable bonds is 3. The SMILES string of the molecule is C=CCNC(=S)Nc1ncccn1. The second kappa shape index (κ2) is 5.21. The van der Waals surface area contributed by atoms with Crippen LogP contribution in [0.3, 0.4) is 0 Å². The zero-order valence-corrected chi connectivity index (χ0v) is 7.84. The first-order valence-corrected chi connectivity index (χ1v) is 4.16. The molecule has 13 heavy (non-hydrogen) atoms. The quantitative estimate of drug-likeness (QED) is 0.554. The van der Waals surface area contributed by atoms with Crippen LogP contribution < -0.4 is 10.6 Å². The molecule has 0 aliphatic rings. The average molecular weight is 194 g/mol. The zero-order chi connectivity index (χ0) is 9.52. The van der Waals surface area contributed by atoms with E-state index in [0.29, 0.717) is 17.6 Å². The lowest BCUT2D eigenvalue weighted by Gasteiger charge is -2.05. The number of nitrogens with one attached hydrogen (secondary N) is 2. The first kappa shape index (κ1) is 9.60. The molecule has 0 aliphatic carbocycles. The Hall–Kier alpha value is -1.49. The Morgan fingerprint density at radius 3 is 2.85 bits per heavy atom. The summed E-state index contributed by atoms with van der Waals surface area (Å²) >= 11 is 4.95. The first-order valence-electron chi connectivity index (χ1n) is 3.75. The van der Waals surface area contributed by atoms with Gasteiger partial charge in [0.05, 0.1) is 0 Å². The molecule has 0 aromatic carbocycles. The van der Waals surface area contributed by atoms with Crippen LogP contribution in [0.15, 0.2) is 31.1 Å². The zero-order valence-electron chi connectivity index (χ0n) is 7.03. The van der Waals surface area contributed by atoms with E-state index in [1.807, 2.05) is 0 Å². The van der Waals surface area contributed by atoms with Crippen LogP contribution in [0.5, 0.6) is 0 Å². The molecule has 0 fully saturated rings. The van der Waals surface area contributed by atoms with Gasteiger partial charge in [-0.1, -0.05) is 6.08 Å². The molecule has 1 rings (SSSR count). The number of aromatic nitrogens is 2. The van der Waals surface area contributed by atoms with Crippen molar-refractivity contribution in [1.29, 1.82) is 0 Å². The third-order valence-electron chi connectivity index (χ3n) is 1.20. The van der Waals surface area contributed by atoms with Gasteiger partial charge in [-0.15, -0.1) is 6.58 Å². The van der Waals surface area contributed by atoms with Gasteiger partial charge in [0.2, 0.25) is 5.95 Å². The maximum atomic E-state index is 4.95. The topological polar surface area (TPSA) is 49.8 Å². The molecule has 68 valence electrons. The summed E-state index contributed by atoms with van der Waals surface area (Å²) in [4.78, 5) is 7.90. The van der Waals surface area contributed by atoms with E-state index in [4.69, 9.17) is 12.2 Å². The Balaban J connectivity index is 2.41. The second-order valence-corrected chi connectivity index (χ2v) is 2.60. The molecular weight excluding hydrogens is 184 g/mol. The number of nitrogens with zero attached hydrogens (tertiary/aromatic N) is 2. The fourth-order valence-electron chi connectivity index (χ4n) is 0.674. The third-order valence-corrected chi connectivity index (χ3v) is 1.44. The lowest BCUT2D eigenvalue weighted by Crippen LogP contribution is -2.29. The van der Waals surface area contributed by atoms with Gasteiger partial charge in [0, 0.05) is 18.9 Å². The molecule has 0 aliphatic heterocycles. The molecule has 2 N–H and O–H groups in total. The Morgan fingerprint density at radius 1 is 1.54 bits per heavy atom. The van der Waals surface area contributed by atoms with E-state index >= 15 is 0 Å². The molecule has 1 aromatic heterocycles. The molecule has 0 unspecified atom stereocenters. The van der Waals surface area contributed by atoms with Gasteiger partial charge in [0.15, 0.2) is 5.11 Å². The molecule has 0 radical (unpaired) electrons. The Morgan fingerprint density at radius 2 is 2.23 bits per heavy atom. The van der Waals surface area contributed by atoms with Crippen LogP contribution in [0.4, 0.5) is 5.95 Å². The van der Waals surface area contributed by atoms with Crippen molar-refractivity contribution in [3.05, 3.63) is 31.1 Å². The van der Waals surface area contributed by atoms with Gasteiger partial charge in [0.25, 0.3) is 0 Å². The standard InChI is InChI=1S/C8H10N4S/c1-2-4-11-8(13)12-7-9-5-3-6-10-7/h2-3,5-6H,1,4H2,(H2,9,10,11,12,13). The predicted molar refractivity (Wildman–Crippen MR) is 56.5 cm³/mol. The highest BCUT2D eigenvalue weighted by Crippen LogP contribution is 1.92. The van der Waals surface area contributed by atoms with Crippen molar-refractivity contribution in [2.45, 2.75) is 0 Å². The van der Waals surface area contributed by atoms with Crippen LogP contribution in [0.1, 0.15) is 0 Å². The second-order valence-electron chi connectivity index (χ2n) is 2.20. The summed E-state index contributed by atoms with van der Waals surface area (Å²) in [5, 5.41) is 6.22. The molecule has 0 amide bonds. The normalized spacial score (nSPS) is 8.92. The Kier molecular flexibility index (Phi) is 3.84. The molecule has 0 saturated carbocycles. The molecule has 0 spiro atoms. The average Bonchev–Trinajstić information content (AvgIpc) is 2.16. The summed E-state index contributed by atoms with van der Waals surface area (Å²) in [5.41, 5.74) is 0. The summed E-state index contributed by atoms with van der Waals surface area (Å²) in [5.74, 6) is 0.490. The van der Waals surface area contributed by atoms with Crippen LogP contribution >= 0.6 is 12.2 Å². The molecule has 1 heterocycles. The fourth-order valence-corrected chi connectivity index (χ4v) is 0.849. The number of thiocarbonyl (C=S) groups is 1. The van der Waals surface area contributed by atoms with Gasteiger partial charge in [-0.25, -0.2) is 9.97 Å². The van der Waals surface area contributed by atoms with E-state index in [1.165, 1.54) is 0 Å². The van der Waals surface area contributed by atoms with Crippen molar-refractivity contribution >= 4 is 23.3 Å². The van der Waals surface area contributed by atoms with E-state index in [0.717, 1.165) is 0 Å². The van der Waals surface area contributed by atoms with E-state index < -0.39 is 0 Å². The molecule has 5 heteroatoms.